The molecule has 10 heteroatoms. The van der Waals surface area contributed by atoms with Gasteiger partial charge in [0.2, 0.25) is 11.8 Å². The van der Waals surface area contributed by atoms with E-state index in [9.17, 15) is 14.4 Å². The summed E-state index contributed by atoms with van der Waals surface area (Å²) in [6.45, 7) is -0.376. The second-order valence-corrected chi connectivity index (χ2v) is 6.28. The molecule has 0 saturated heterocycles. The summed E-state index contributed by atoms with van der Waals surface area (Å²) in [5.41, 5.74) is -0.206. The Kier molecular flexibility index (Phi) is 4.84. The molecule has 1 heterocycles. The largest absolute Gasteiger partial charge is 0.369 e. The number of halogens is 1. The van der Waals surface area contributed by atoms with Crippen LogP contribution in [0.25, 0.3) is 5.69 Å². The monoisotopic (exact) mass is 364 g/mol. The Labute approximate surface area is 148 Å². The number of carbonyl (C=O) groups is 2. The lowest BCUT2D eigenvalue weighted by Gasteiger charge is -2.16. The number of carbonyl (C=O) groups excluding carboxylic acids is 2. The Morgan fingerprint density at radius 1 is 1.32 bits per heavy atom. The van der Waals surface area contributed by atoms with E-state index in [1.165, 1.54) is 11.9 Å². The molecule has 1 aromatic carbocycles. The Hall–Kier alpha value is -2.68. The maximum absolute atomic E-state index is 12.3. The van der Waals surface area contributed by atoms with Gasteiger partial charge in [-0.1, -0.05) is 23.7 Å². The van der Waals surface area contributed by atoms with Gasteiger partial charge < -0.3 is 10.2 Å². The second kappa shape index (κ2) is 7.06. The highest BCUT2D eigenvalue weighted by Crippen LogP contribution is 2.18. The van der Waals surface area contributed by atoms with Crippen LogP contribution in [0, 0.1) is 0 Å². The number of nitrogens with one attached hydrogen (secondary N) is 1. The van der Waals surface area contributed by atoms with E-state index in [-0.39, 0.29) is 25.0 Å². The lowest BCUT2D eigenvalue weighted by molar-refractivity contribution is -0.135. The zero-order valence-electron chi connectivity index (χ0n) is 13.6. The van der Waals surface area contributed by atoms with Crippen molar-refractivity contribution < 1.29 is 9.59 Å². The third-order valence-electron chi connectivity index (χ3n) is 3.75. The van der Waals surface area contributed by atoms with Crippen molar-refractivity contribution in [2.45, 2.75) is 25.4 Å². The zero-order chi connectivity index (χ0) is 18.0. The number of likely N-dealkylation sites (N-methyl/N-ethyl adjacent to an activating group) is 1. The molecular formula is C15H17ClN6O3. The highest BCUT2D eigenvalue weighted by Gasteiger charge is 2.24. The van der Waals surface area contributed by atoms with Gasteiger partial charge >= 0.3 is 5.69 Å². The van der Waals surface area contributed by atoms with Gasteiger partial charge in [0.15, 0.2) is 0 Å². The Bertz CT molecular complexity index is 857. The minimum atomic E-state index is -0.586. The minimum absolute atomic E-state index is 0.0667. The van der Waals surface area contributed by atoms with Crippen LogP contribution >= 0.6 is 11.6 Å². The summed E-state index contributed by atoms with van der Waals surface area (Å²) in [5.74, 6) is -0.635. The number of para-hydroxylation sites is 1. The van der Waals surface area contributed by atoms with E-state index in [1.54, 1.807) is 24.3 Å². The van der Waals surface area contributed by atoms with Crippen molar-refractivity contribution in [2.24, 2.45) is 0 Å². The predicted molar refractivity (Wildman–Crippen MR) is 89.4 cm³/mol. The molecule has 0 spiro atoms. The maximum Gasteiger partial charge on any atom is 0.369 e. The van der Waals surface area contributed by atoms with Crippen molar-refractivity contribution >= 4 is 23.4 Å². The normalized spacial score (nSPS) is 13.5. The summed E-state index contributed by atoms with van der Waals surface area (Å²) in [6, 6.07) is 6.92. The van der Waals surface area contributed by atoms with Crippen LogP contribution in [0.2, 0.25) is 5.02 Å². The summed E-state index contributed by atoms with van der Waals surface area (Å²) in [7, 11) is 1.50. The van der Waals surface area contributed by atoms with Gasteiger partial charge in [-0.2, -0.15) is 9.36 Å². The van der Waals surface area contributed by atoms with Gasteiger partial charge in [-0.3, -0.25) is 9.59 Å². The molecule has 0 unspecified atom stereocenters. The van der Waals surface area contributed by atoms with Crippen LogP contribution in [0.15, 0.2) is 29.1 Å². The van der Waals surface area contributed by atoms with E-state index in [0.29, 0.717) is 10.7 Å². The van der Waals surface area contributed by atoms with Gasteiger partial charge in [-0.15, -0.1) is 0 Å². The number of rotatable bonds is 6. The first-order chi connectivity index (χ1) is 12.0. The maximum atomic E-state index is 12.3. The van der Waals surface area contributed by atoms with Crippen molar-refractivity contribution in [1.82, 2.24) is 30.0 Å². The lowest BCUT2D eigenvalue weighted by atomic mass is 10.3. The van der Waals surface area contributed by atoms with Crippen LogP contribution in [0.3, 0.4) is 0 Å². The number of hydrogen-bond donors (Lipinski definition) is 1. The molecule has 1 aliphatic rings. The van der Waals surface area contributed by atoms with Crippen molar-refractivity contribution in [1.29, 1.82) is 0 Å². The summed E-state index contributed by atoms with van der Waals surface area (Å²) in [6.07, 6.45) is 1.95. The van der Waals surface area contributed by atoms with Crippen LogP contribution in [-0.4, -0.2) is 56.1 Å². The molecule has 1 saturated carbocycles. The molecule has 0 bridgehead atoms. The summed E-state index contributed by atoms with van der Waals surface area (Å²) in [5, 5.41) is 10.6. The lowest BCUT2D eigenvalue weighted by Crippen LogP contribution is -2.41. The number of tetrazole rings is 1. The van der Waals surface area contributed by atoms with Gasteiger partial charge in [0, 0.05) is 13.1 Å². The van der Waals surface area contributed by atoms with E-state index in [2.05, 4.69) is 15.7 Å². The highest BCUT2D eigenvalue weighted by molar-refractivity contribution is 6.32. The summed E-state index contributed by atoms with van der Waals surface area (Å²) >= 11 is 6.04. The van der Waals surface area contributed by atoms with Crippen molar-refractivity contribution in [3.05, 3.63) is 39.8 Å². The average molecular weight is 365 g/mol. The van der Waals surface area contributed by atoms with Gasteiger partial charge in [0.25, 0.3) is 0 Å². The Morgan fingerprint density at radius 3 is 2.72 bits per heavy atom. The Morgan fingerprint density at radius 2 is 2.04 bits per heavy atom. The van der Waals surface area contributed by atoms with Crippen molar-refractivity contribution in [3.63, 3.8) is 0 Å². The number of amides is 2. The molecule has 3 rings (SSSR count). The first-order valence-electron chi connectivity index (χ1n) is 7.77. The minimum Gasteiger partial charge on any atom is -0.352 e. The molecule has 0 aliphatic heterocycles. The van der Waals surface area contributed by atoms with Gasteiger partial charge in [-0.05, 0) is 35.4 Å². The zero-order valence-corrected chi connectivity index (χ0v) is 14.3. The van der Waals surface area contributed by atoms with E-state index in [0.717, 1.165) is 22.2 Å². The summed E-state index contributed by atoms with van der Waals surface area (Å²) in [4.78, 5) is 37.5. The molecule has 25 heavy (non-hydrogen) atoms. The van der Waals surface area contributed by atoms with Crippen molar-refractivity contribution in [3.8, 4) is 5.69 Å². The molecule has 1 aromatic heterocycles. The molecule has 9 nitrogen and oxygen atoms in total. The fourth-order valence-corrected chi connectivity index (χ4v) is 2.42. The van der Waals surface area contributed by atoms with Gasteiger partial charge in [0.05, 0.1) is 17.3 Å². The second-order valence-electron chi connectivity index (χ2n) is 5.87. The molecule has 2 aromatic rings. The third kappa shape index (κ3) is 4.05. The smallest absolute Gasteiger partial charge is 0.352 e. The van der Waals surface area contributed by atoms with Crippen LogP contribution in [0.5, 0.6) is 0 Å². The number of benzene rings is 1. The van der Waals surface area contributed by atoms with E-state index >= 15 is 0 Å². The first-order valence-corrected chi connectivity index (χ1v) is 8.14. The average Bonchev–Trinajstić information content (AvgIpc) is 3.31. The van der Waals surface area contributed by atoms with Crippen LogP contribution < -0.4 is 11.0 Å². The summed E-state index contributed by atoms with van der Waals surface area (Å²) < 4.78 is 1.95. The SMILES string of the molecule is CN(CC(=O)NC1CC1)C(=O)Cn1nnn(-c2ccccc2Cl)c1=O. The highest BCUT2D eigenvalue weighted by atomic mass is 35.5. The number of hydrogen-bond acceptors (Lipinski definition) is 5. The molecule has 2 amide bonds. The first kappa shape index (κ1) is 17.2. The van der Waals surface area contributed by atoms with Crippen LogP contribution in [0.1, 0.15) is 12.8 Å². The van der Waals surface area contributed by atoms with Crippen LogP contribution in [0.4, 0.5) is 0 Å². The fraction of sp³-hybridized carbons (Fsp3) is 0.400. The predicted octanol–water partition coefficient (Wildman–Crippen LogP) is -0.181. The molecule has 1 fully saturated rings. The van der Waals surface area contributed by atoms with Crippen LogP contribution in [-0.2, 0) is 16.1 Å². The van der Waals surface area contributed by atoms with E-state index < -0.39 is 11.6 Å². The van der Waals surface area contributed by atoms with E-state index in [4.69, 9.17) is 11.6 Å². The Balaban J connectivity index is 1.66. The molecule has 1 aliphatic carbocycles. The standard InChI is InChI=1S/C15H17ClN6O3/c1-20(8-13(23)17-10-6-7-10)14(24)9-21-15(25)22(19-18-21)12-5-3-2-4-11(12)16/h2-5,10H,6-9H2,1H3,(H,17,23). The van der Waals surface area contributed by atoms with Crippen molar-refractivity contribution in [2.75, 3.05) is 13.6 Å². The topological polar surface area (TPSA) is 102 Å². The molecule has 0 atom stereocenters. The third-order valence-corrected chi connectivity index (χ3v) is 4.07. The molecular weight excluding hydrogens is 348 g/mol. The van der Waals surface area contributed by atoms with Gasteiger partial charge in [-0.25, -0.2) is 4.79 Å². The van der Waals surface area contributed by atoms with Gasteiger partial charge in [0.1, 0.15) is 6.54 Å². The quantitative estimate of drug-likeness (QED) is 0.766. The molecule has 0 radical (unpaired) electrons. The molecule has 132 valence electrons. The number of aromatic nitrogens is 4. The molecule has 1 N–H and O–H groups in total. The number of nitrogens with zero attached hydrogens (tertiary/aromatic N) is 5. The van der Waals surface area contributed by atoms with E-state index in [1.807, 2.05) is 0 Å². The fourth-order valence-electron chi connectivity index (χ4n) is 2.20.